The van der Waals surface area contributed by atoms with Crippen LogP contribution in [0.25, 0.3) is 0 Å². The van der Waals surface area contributed by atoms with E-state index >= 15 is 0 Å². The Morgan fingerprint density at radius 2 is 1.06 bits per heavy atom. The van der Waals surface area contributed by atoms with E-state index in [-0.39, 0.29) is 12.8 Å². The average molecular weight is 665 g/mol. The van der Waals surface area contributed by atoms with Crippen molar-refractivity contribution in [3.63, 3.8) is 0 Å². The number of ether oxygens (including phenoxy) is 1. The lowest BCUT2D eigenvalue weighted by molar-refractivity contribution is -0.184. The van der Waals surface area contributed by atoms with E-state index in [4.69, 9.17) is 4.74 Å². The lowest BCUT2D eigenvalue weighted by Crippen LogP contribution is -2.67. The number of H-pyrrole nitrogens is 1. The van der Waals surface area contributed by atoms with Gasteiger partial charge in [0.15, 0.2) is 23.4 Å². The van der Waals surface area contributed by atoms with Gasteiger partial charge in [0, 0.05) is 25.1 Å². The number of unbranched alkanes of at least 4 members (excludes halogenated alkanes) is 20. The maximum absolute atomic E-state index is 13.8. The molecule has 0 radical (unpaired) electrons. The monoisotopic (exact) mass is 664 g/mol. The predicted octanol–water partition coefficient (Wildman–Crippen LogP) is 6.43. The van der Waals surface area contributed by atoms with Gasteiger partial charge in [-0.2, -0.15) is 0 Å². The van der Waals surface area contributed by atoms with Crippen LogP contribution in [0.1, 0.15) is 174 Å². The van der Waals surface area contributed by atoms with Crippen LogP contribution >= 0.6 is 0 Å². The third-order valence-electron chi connectivity index (χ3n) is 9.83. The molecule has 0 aliphatic carbocycles. The van der Waals surface area contributed by atoms with E-state index in [0.29, 0.717) is 12.8 Å². The number of aliphatic hydroxyl groups excluding tert-OH is 1. The number of nitrogens with one attached hydrogen (secondary N) is 1. The van der Waals surface area contributed by atoms with E-state index in [2.05, 4.69) is 18.8 Å². The first-order valence-electron chi connectivity index (χ1n) is 18.8. The highest BCUT2D eigenvalue weighted by atomic mass is 16.6. The van der Waals surface area contributed by atoms with Gasteiger partial charge < -0.3 is 20.1 Å². The summed E-state index contributed by atoms with van der Waals surface area (Å²) in [6.07, 6.45) is 20.9. The topological polar surface area (TPSA) is 159 Å². The molecule has 0 aromatic carbocycles. The van der Waals surface area contributed by atoms with Crippen LogP contribution < -0.4 is 11.2 Å². The Morgan fingerprint density at radius 1 is 0.681 bits per heavy atom. The molecule has 270 valence electrons. The van der Waals surface area contributed by atoms with E-state index < -0.39 is 53.0 Å². The van der Waals surface area contributed by atoms with Crippen LogP contribution in [0.4, 0.5) is 0 Å². The molecule has 0 saturated carbocycles. The number of rotatable bonds is 28. The Balaban J connectivity index is 2.03. The van der Waals surface area contributed by atoms with Crippen molar-refractivity contribution in [2.45, 2.75) is 191 Å². The molecule has 1 aromatic heterocycles. The van der Waals surface area contributed by atoms with Crippen molar-refractivity contribution < 1.29 is 29.6 Å². The SMILES string of the molecule is CCCCCCCCCCCCCC(=O)[C@@]1(O)[C@@H](CO)O[C@@H](n2ccc(=O)[nH]c2=O)[C@@]1(O)C(=O)CCCCCCCCCCCCC. The van der Waals surface area contributed by atoms with Gasteiger partial charge in [0.25, 0.3) is 5.56 Å². The number of Topliss-reactive ketones (excluding diaryl/α,β-unsaturated/α-hetero) is 2. The first-order valence-corrected chi connectivity index (χ1v) is 18.8. The summed E-state index contributed by atoms with van der Waals surface area (Å²) in [5, 5.41) is 34.2. The minimum atomic E-state index is -2.84. The van der Waals surface area contributed by atoms with Gasteiger partial charge in [0.1, 0.15) is 6.10 Å². The molecular formula is C37H64N2O8. The van der Waals surface area contributed by atoms with Crippen LogP contribution in [0.5, 0.6) is 0 Å². The van der Waals surface area contributed by atoms with Gasteiger partial charge in [-0.3, -0.25) is 23.9 Å². The molecule has 1 saturated heterocycles. The van der Waals surface area contributed by atoms with Crippen molar-refractivity contribution in [2.24, 2.45) is 0 Å². The summed E-state index contributed by atoms with van der Waals surface area (Å²) < 4.78 is 6.56. The van der Waals surface area contributed by atoms with E-state index in [1.807, 2.05) is 0 Å². The average Bonchev–Trinajstić information content (AvgIpc) is 3.29. The molecule has 0 bridgehead atoms. The molecular weight excluding hydrogens is 600 g/mol. The minimum absolute atomic E-state index is 0.116. The zero-order chi connectivity index (χ0) is 34.5. The number of aromatic amines is 1. The molecule has 10 heteroatoms. The lowest BCUT2D eigenvalue weighted by Gasteiger charge is -2.38. The zero-order valence-electron chi connectivity index (χ0n) is 29.3. The summed E-state index contributed by atoms with van der Waals surface area (Å²) in [6, 6.07) is 1.03. The summed E-state index contributed by atoms with van der Waals surface area (Å²) >= 11 is 0. The van der Waals surface area contributed by atoms with E-state index in [1.54, 1.807) is 0 Å². The Morgan fingerprint density at radius 3 is 1.45 bits per heavy atom. The van der Waals surface area contributed by atoms with Gasteiger partial charge in [0.05, 0.1) is 6.61 Å². The smallest absolute Gasteiger partial charge is 0.330 e. The van der Waals surface area contributed by atoms with Crippen LogP contribution in [-0.4, -0.2) is 60.4 Å². The van der Waals surface area contributed by atoms with Gasteiger partial charge >= 0.3 is 5.69 Å². The lowest BCUT2D eigenvalue weighted by atomic mass is 9.72. The first-order chi connectivity index (χ1) is 22.7. The van der Waals surface area contributed by atoms with Crippen LogP contribution in [0.15, 0.2) is 21.9 Å². The van der Waals surface area contributed by atoms with Crippen molar-refractivity contribution in [2.75, 3.05) is 6.61 Å². The number of carbonyl (C=O) groups is 2. The summed E-state index contributed by atoms with van der Waals surface area (Å²) in [7, 11) is 0. The molecule has 4 N–H and O–H groups in total. The fourth-order valence-corrected chi connectivity index (χ4v) is 6.86. The van der Waals surface area contributed by atoms with E-state index in [1.165, 1.54) is 77.0 Å². The van der Waals surface area contributed by atoms with Crippen molar-refractivity contribution in [1.29, 1.82) is 0 Å². The van der Waals surface area contributed by atoms with E-state index in [0.717, 1.165) is 68.2 Å². The molecule has 2 rings (SSSR count). The molecule has 0 spiro atoms. The third kappa shape index (κ3) is 12.1. The number of nitrogens with zero attached hydrogens (tertiary/aromatic N) is 1. The van der Waals surface area contributed by atoms with Crippen molar-refractivity contribution >= 4 is 11.6 Å². The molecule has 47 heavy (non-hydrogen) atoms. The van der Waals surface area contributed by atoms with Gasteiger partial charge in [-0.05, 0) is 12.8 Å². The fraction of sp³-hybridized carbons (Fsp3) is 0.838. The molecule has 1 aliphatic heterocycles. The maximum atomic E-state index is 13.8. The maximum Gasteiger partial charge on any atom is 0.330 e. The highest BCUT2D eigenvalue weighted by Gasteiger charge is 2.72. The molecule has 2 heterocycles. The molecule has 1 fully saturated rings. The molecule has 1 aliphatic rings. The molecule has 1 aromatic rings. The summed E-state index contributed by atoms with van der Waals surface area (Å²) in [4.78, 5) is 54.1. The minimum Gasteiger partial charge on any atom is -0.394 e. The molecule has 10 nitrogen and oxygen atoms in total. The quantitative estimate of drug-likeness (QED) is 0.0746. The number of hydrogen-bond acceptors (Lipinski definition) is 8. The number of aromatic nitrogens is 2. The third-order valence-corrected chi connectivity index (χ3v) is 9.83. The second-order valence-corrected chi connectivity index (χ2v) is 13.6. The van der Waals surface area contributed by atoms with Gasteiger partial charge in [-0.1, -0.05) is 142 Å². The molecule has 0 unspecified atom stereocenters. The molecule has 0 amide bonds. The van der Waals surface area contributed by atoms with Crippen LogP contribution in [0.3, 0.4) is 0 Å². The van der Waals surface area contributed by atoms with Gasteiger partial charge in [-0.15, -0.1) is 0 Å². The van der Waals surface area contributed by atoms with Crippen LogP contribution in [0.2, 0.25) is 0 Å². The van der Waals surface area contributed by atoms with Crippen molar-refractivity contribution in [3.8, 4) is 0 Å². The summed E-state index contributed by atoms with van der Waals surface area (Å²) in [5.74, 6) is -1.63. The standard InChI is InChI=1S/C37H64N2O8/c1-3-5-7-9-11-13-15-17-19-21-23-25-30(41)36(45)32(29-40)47-34(39-28-27-33(43)38-35(39)44)37(36,46)31(42)26-24-22-20-18-16-14-12-10-8-6-4-2/h27-28,32,34,40,45-46H,3-26,29H2,1-2H3,(H,38,43,44)/t32-,34-,36-,37+/m1/s1. The number of ketones is 2. The van der Waals surface area contributed by atoms with Gasteiger partial charge in [-0.25, -0.2) is 4.79 Å². The second-order valence-electron chi connectivity index (χ2n) is 13.6. The number of carbonyl (C=O) groups excluding carboxylic acids is 2. The summed E-state index contributed by atoms with van der Waals surface area (Å²) in [5.41, 5.74) is -7.27. The Labute approximate surface area is 281 Å². The highest BCUT2D eigenvalue weighted by Crippen LogP contribution is 2.48. The first kappa shape index (κ1) is 41.0. The predicted molar refractivity (Wildman–Crippen MR) is 184 cm³/mol. The second kappa shape index (κ2) is 22.5. The zero-order valence-corrected chi connectivity index (χ0v) is 29.3. The number of aliphatic hydroxyl groups is 3. The normalized spacial score (nSPS) is 22.6. The molecule has 4 atom stereocenters. The van der Waals surface area contributed by atoms with Gasteiger partial charge in [0.2, 0.25) is 5.60 Å². The van der Waals surface area contributed by atoms with Crippen LogP contribution in [0, 0.1) is 0 Å². The van der Waals surface area contributed by atoms with Crippen molar-refractivity contribution in [1.82, 2.24) is 9.55 Å². The number of hydrogen-bond donors (Lipinski definition) is 4. The Kier molecular flexibility index (Phi) is 19.6. The highest BCUT2D eigenvalue weighted by molar-refractivity contribution is 6.00. The van der Waals surface area contributed by atoms with E-state index in [9.17, 15) is 34.5 Å². The largest absolute Gasteiger partial charge is 0.394 e. The Bertz CT molecular complexity index is 1150. The van der Waals surface area contributed by atoms with Crippen molar-refractivity contribution in [3.05, 3.63) is 33.1 Å². The fourth-order valence-electron chi connectivity index (χ4n) is 6.86. The van der Waals surface area contributed by atoms with Crippen LogP contribution in [-0.2, 0) is 14.3 Å². The Hall–Kier alpha value is -2.14. The summed E-state index contributed by atoms with van der Waals surface area (Å²) in [6.45, 7) is 3.55.